The van der Waals surface area contributed by atoms with E-state index < -0.39 is 0 Å². The van der Waals surface area contributed by atoms with E-state index in [1.807, 2.05) is 0 Å². The van der Waals surface area contributed by atoms with Gasteiger partial charge in [0, 0.05) is 23.8 Å². The second kappa shape index (κ2) is 6.61. The predicted molar refractivity (Wildman–Crippen MR) is 98.8 cm³/mol. The topological polar surface area (TPSA) is 39.1 Å². The Balaban J connectivity index is 1.03. The van der Waals surface area contributed by atoms with Gasteiger partial charge in [-0.1, -0.05) is 0 Å². The second-order valence-electron chi connectivity index (χ2n) is 9.33. The van der Waals surface area contributed by atoms with Crippen molar-refractivity contribution in [2.24, 2.45) is 17.8 Å². The number of fused-ring (bicyclic) bond motifs is 1. The third-order valence-corrected chi connectivity index (χ3v) is 7.25. The van der Waals surface area contributed by atoms with Crippen LogP contribution in [-0.2, 0) is 13.0 Å². The van der Waals surface area contributed by atoms with E-state index in [1.165, 1.54) is 63.5 Å². The number of unbranched alkanes of at least 4 members (excludes halogenated alkanes) is 1. The van der Waals surface area contributed by atoms with Crippen LogP contribution in [0.25, 0.3) is 0 Å². The summed E-state index contributed by atoms with van der Waals surface area (Å²) in [6.45, 7) is 3.03. The Morgan fingerprint density at radius 1 is 1.08 bits per heavy atom. The van der Waals surface area contributed by atoms with Crippen LogP contribution in [0.4, 0.5) is 0 Å². The van der Waals surface area contributed by atoms with Crippen LogP contribution in [0.5, 0.6) is 5.88 Å². The van der Waals surface area contributed by atoms with Crippen LogP contribution >= 0.6 is 0 Å². The Hall–Kier alpha value is -1.03. The molecule has 5 aliphatic rings. The van der Waals surface area contributed by atoms with Crippen molar-refractivity contribution in [2.75, 3.05) is 13.2 Å². The fourth-order valence-corrected chi connectivity index (χ4v) is 6.55. The molecule has 4 nitrogen and oxygen atoms in total. The van der Waals surface area contributed by atoms with E-state index in [1.54, 1.807) is 0 Å². The summed E-state index contributed by atoms with van der Waals surface area (Å²) in [5.74, 6) is 3.95. The monoisotopic (exact) mass is 343 g/mol. The van der Waals surface area contributed by atoms with Gasteiger partial charge in [-0.05, 0) is 94.9 Å². The lowest BCUT2D eigenvalue weighted by atomic mass is 9.53. The van der Waals surface area contributed by atoms with Gasteiger partial charge in [-0.2, -0.15) is 0 Å². The van der Waals surface area contributed by atoms with Crippen LogP contribution in [0.2, 0.25) is 0 Å². The van der Waals surface area contributed by atoms with E-state index in [2.05, 4.69) is 21.2 Å². The quantitative estimate of drug-likeness (QED) is 0.762. The lowest BCUT2D eigenvalue weighted by Gasteiger charge is -2.57. The van der Waals surface area contributed by atoms with Crippen molar-refractivity contribution in [3.8, 4) is 5.88 Å². The van der Waals surface area contributed by atoms with E-state index >= 15 is 0 Å². The van der Waals surface area contributed by atoms with Gasteiger partial charge in [0.1, 0.15) is 0 Å². The van der Waals surface area contributed by atoms with Gasteiger partial charge in [0.2, 0.25) is 5.88 Å². The number of nitrogens with zero attached hydrogens (tertiary/aromatic N) is 2. The van der Waals surface area contributed by atoms with Gasteiger partial charge in [-0.25, -0.2) is 0 Å². The molecule has 0 atom stereocenters. The minimum absolute atomic E-state index is 0.512. The molecular formula is C21H33N3O. The van der Waals surface area contributed by atoms with Crippen molar-refractivity contribution in [2.45, 2.75) is 82.7 Å². The van der Waals surface area contributed by atoms with E-state index in [0.717, 1.165) is 56.2 Å². The number of ether oxygens (including phenoxy) is 1. The highest BCUT2D eigenvalue weighted by molar-refractivity contribution is 5.16. The molecule has 138 valence electrons. The van der Waals surface area contributed by atoms with Crippen LogP contribution in [-0.4, -0.2) is 28.5 Å². The number of nitrogens with one attached hydrogen (secondary N) is 1. The minimum atomic E-state index is 0.512. The van der Waals surface area contributed by atoms with Gasteiger partial charge >= 0.3 is 0 Å². The highest BCUT2D eigenvalue weighted by Crippen LogP contribution is 2.55. The largest absolute Gasteiger partial charge is 0.477 e. The molecule has 0 spiro atoms. The fraction of sp³-hybridized carbons (Fsp3) is 0.857. The van der Waals surface area contributed by atoms with Gasteiger partial charge in [0.05, 0.1) is 6.61 Å². The molecule has 1 N–H and O–H groups in total. The molecule has 0 unspecified atom stereocenters. The minimum Gasteiger partial charge on any atom is -0.477 e. The Morgan fingerprint density at radius 2 is 1.84 bits per heavy atom. The first-order valence-corrected chi connectivity index (χ1v) is 10.7. The molecule has 1 aromatic heterocycles. The Kier molecular flexibility index (Phi) is 4.27. The Morgan fingerprint density at radius 3 is 2.56 bits per heavy atom. The molecule has 0 saturated heterocycles. The van der Waals surface area contributed by atoms with Gasteiger partial charge in [0.25, 0.3) is 0 Å². The van der Waals surface area contributed by atoms with Crippen LogP contribution in [0.15, 0.2) is 6.07 Å². The number of hydrogen-bond acceptors (Lipinski definition) is 3. The normalized spacial score (nSPS) is 35.8. The molecular weight excluding hydrogens is 310 g/mol. The maximum atomic E-state index is 5.89. The molecule has 1 aromatic rings. The third-order valence-electron chi connectivity index (χ3n) is 7.25. The summed E-state index contributed by atoms with van der Waals surface area (Å²) in [6, 6.07) is 2.15. The summed E-state index contributed by atoms with van der Waals surface area (Å²) in [6.07, 6.45) is 15.0. The predicted octanol–water partition coefficient (Wildman–Crippen LogP) is 3.94. The number of aryl methyl sites for hydroxylation is 2. The van der Waals surface area contributed by atoms with Gasteiger partial charge in [0.15, 0.2) is 0 Å². The highest BCUT2D eigenvalue weighted by atomic mass is 16.5. The van der Waals surface area contributed by atoms with Gasteiger partial charge in [-0.15, -0.1) is 5.10 Å². The summed E-state index contributed by atoms with van der Waals surface area (Å²) in [5, 5.41) is 8.56. The Labute approximate surface area is 151 Å². The molecule has 4 fully saturated rings. The zero-order valence-electron chi connectivity index (χ0n) is 15.5. The number of aromatic nitrogens is 2. The molecule has 0 radical (unpaired) electrons. The van der Waals surface area contributed by atoms with E-state index in [-0.39, 0.29) is 0 Å². The number of rotatable bonds is 7. The summed E-state index contributed by atoms with van der Waals surface area (Å²) >= 11 is 0. The van der Waals surface area contributed by atoms with Crippen molar-refractivity contribution >= 4 is 0 Å². The van der Waals surface area contributed by atoms with Crippen molar-refractivity contribution in [3.05, 3.63) is 11.8 Å². The smallest absolute Gasteiger partial charge is 0.232 e. The van der Waals surface area contributed by atoms with Crippen molar-refractivity contribution in [1.29, 1.82) is 0 Å². The van der Waals surface area contributed by atoms with E-state index in [9.17, 15) is 0 Å². The molecule has 4 bridgehead atoms. The van der Waals surface area contributed by atoms with Crippen LogP contribution in [0, 0.1) is 17.8 Å². The van der Waals surface area contributed by atoms with Gasteiger partial charge < -0.3 is 10.1 Å². The highest BCUT2D eigenvalue weighted by Gasteiger charge is 2.50. The van der Waals surface area contributed by atoms with Crippen LogP contribution in [0.3, 0.4) is 0 Å². The van der Waals surface area contributed by atoms with Crippen molar-refractivity contribution in [3.63, 3.8) is 0 Å². The van der Waals surface area contributed by atoms with E-state index in [0.29, 0.717) is 5.54 Å². The first kappa shape index (κ1) is 16.2. The second-order valence-corrected chi connectivity index (χ2v) is 9.33. The molecule has 0 aromatic carbocycles. The summed E-state index contributed by atoms with van der Waals surface area (Å²) in [7, 11) is 0. The molecule has 1 aliphatic heterocycles. The zero-order chi connectivity index (χ0) is 16.7. The first-order chi connectivity index (χ1) is 12.3. The molecule has 6 rings (SSSR count). The van der Waals surface area contributed by atoms with Crippen molar-refractivity contribution in [1.82, 2.24) is 15.1 Å². The molecule has 2 heterocycles. The molecule has 4 aliphatic carbocycles. The summed E-state index contributed by atoms with van der Waals surface area (Å²) in [4.78, 5) is 0. The maximum Gasteiger partial charge on any atom is 0.232 e. The maximum absolute atomic E-state index is 5.89. The average Bonchev–Trinajstić information content (AvgIpc) is 2.99. The number of hydrogen-bond donors (Lipinski definition) is 1. The third kappa shape index (κ3) is 3.34. The molecule has 0 amide bonds. The van der Waals surface area contributed by atoms with Crippen LogP contribution < -0.4 is 10.1 Å². The summed E-state index contributed by atoms with van der Waals surface area (Å²) in [5.41, 5.74) is 1.86. The SMILES string of the molecule is c1c(OCCCCNC23CC4CC(CC(C4)C2)C3)nn2c1CCCC2. The van der Waals surface area contributed by atoms with Crippen molar-refractivity contribution < 1.29 is 4.74 Å². The molecule has 25 heavy (non-hydrogen) atoms. The lowest BCUT2D eigenvalue weighted by Crippen LogP contribution is -2.58. The molecule has 4 saturated carbocycles. The van der Waals surface area contributed by atoms with Crippen LogP contribution in [0.1, 0.15) is 69.9 Å². The summed E-state index contributed by atoms with van der Waals surface area (Å²) < 4.78 is 8.03. The zero-order valence-corrected chi connectivity index (χ0v) is 15.5. The Bertz CT molecular complexity index is 549. The average molecular weight is 344 g/mol. The molecule has 4 heteroatoms. The van der Waals surface area contributed by atoms with Gasteiger partial charge in [-0.3, -0.25) is 4.68 Å². The fourth-order valence-electron chi connectivity index (χ4n) is 6.55. The van der Waals surface area contributed by atoms with E-state index in [4.69, 9.17) is 4.74 Å². The standard InChI is InChI=1S/C21H33N3O/c1-3-7-24-19(5-1)12-20(23-24)25-8-4-2-6-22-21-13-16-9-17(14-21)11-18(10-16)15-21/h12,16-18,22H,1-11,13-15H2. The first-order valence-electron chi connectivity index (χ1n) is 10.7. The lowest BCUT2D eigenvalue weighted by molar-refractivity contribution is -0.0196.